The lowest BCUT2D eigenvalue weighted by Crippen LogP contribution is -2.31. The number of hydrogen-bond acceptors (Lipinski definition) is 4. The molecule has 0 aliphatic heterocycles. The second-order valence-electron chi connectivity index (χ2n) is 1.81. The van der Waals surface area contributed by atoms with E-state index in [1.54, 1.807) is 11.8 Å². The molecule has 0 unspecified atom stereocenters. The molecule has 3 nitrogen and oxygen atoms in total. The third kappa shape index (κ3) is 4.38. The van der Waals surface area contributed by atoms with Crippen molar-refractivity contribution in [2.45, 2.75) is 12.8 Å². The highest BCUT2D eigenvalue weighted by molar-refractivity contribution is 7.98. The molecule has 0 aromatic rings. The van der Waals surface area contributed by atoms with E-state index >= 15 is 0 Å². The van der Waals surface area contributed by atoms with Crippen LogP contribution in [-0.4, -0.2) is 23.8 Å². The maximum atomic E-state index is 10.3. The summed E-state index contributed by atoms with van der Waals surface area (Å²) in [7, 11) is 0. The van der Waals surface area contributed by atoms with Crippen LogP contribution in [0, 0.1) is 0 Å². The minimum absolute atomic E-state index is 0.100. The van der Waals surface area contributed by atoms with Crippen molar-refractivity contribution in [1.82, 2.24) is 0 Å². The maximum Gasteiger partial charge on any atom is 0.178 e. The lowest BCUT2D eigenvalue weighted by molar-refractivity contribution is -0.300. The Morgan fingerprint density at radius 1 is 1.50 bits per heavy atom. The second kappa shape index (κ2) is 5.29. The first kappa shape index (κ1) is 9.49. The highest BCUT2D eigenvalue weighted by atomic mass is 32.2. The molecule has 0 saturated heterocycles. The molecule has 0 fully saturated rings. The molecule has 0 spiro atoms. The normalized spacial score (nSPS) is 9.30. The van der Waals surface area contributed by atoms with Crippen LogP contribution in [0.5, 0.6) is 0 Å². The average molecular weight is 161 g/mol. The topological polar surface area (TPSA) is 57.2 Å². The minimum Gasteiger partial charge on any atom is -0.542 e. The van der Waals surface area contributed by atoms with Crippen molar-refractivity contribution in [1.29, 1.82) is 0 Å². The van der Waals surface area contributed by atoms with E-state index in [2.05, 4.69) is 0 Å². The maximum absolute atomic E-state index is 10.3. The fourth-order valence-corrected chi connectivity index (χ4v) is 0.912. The van der Waals surface area contributed by atoms with E-state index in [1.165, 1.54) is 0 Å². The monoisotopic (exact) mass is 161 g/mol. The van der Waals surface area contributed by atoms with Gasteiger partial charge in [-0.25, -0.2) is 0 Å². The largest absolute Gasteiger partial charge is 0.542 e. The van der Waals surface area contributed by atoms with Crippen molar-refractivity contribution in [3.05, 3.63) is 0 Å². The molecule has 10 heavy (non-hydrogen) atoms. The van der Waals surface area contributed by atoms with Gasteiger partial charge in [-0.05, 0) is 18.4 Å². The van der Waals surface area contributed by atoms with E-state index in [0.29, 0.717) is 6.42 Å². The van der Waals surface area contributed by atoms with Gasteiger partial charge in [-0.1, -0.05) is 0 Å². The van der Waals surface area contributed by atoms with Crippen LogP contribution >= 0.6 is 11.8 Å². The smallest absolute Gasteiger partial charge is 0.178 e. The number of rotatable bonds is 5. The molecule has 0 heterocycles. The van der Waals surface area contributed by atoms with E-state index in [0.717, 1.165) is 5.75 Å². The molecule has 0 atom stereocenters. The predicted octanol–water partition coefficient (Wildman–Crippen LogP) is -0.551. The van der Waals surface area contributed by atoms with E-state index < -0.39 is 11.8 Å². The Labute approximate surface area is 63.8 Å². The molecule has 4 heteroatoms. The summed E-state index contributed by atoms with van der Waals surface area (Å²) < 4.78 is 0. The zero-order valence-electron chi connectivity index (χ0n) is 5.75. The zero-order chi connectivity index (χ0) is 7.98. The van der Waals surface area contributed by atoms with Gasteiger partial charge in [-0.15, -0.1) is 0 Å². The van der Waals surface area contributed by atoms with Gasteiger partial charge >= 0.3 is 0 Å². The molecule has 0 aromatic heterocycles. The number of carboxylic acids is 1. The van der Waals surface area contributed by atoms with E-state index in [-0.39, 0.29) is 6.42 Å². The highest BCUT2D eigenvalue weighted by Crippen LogP contribution is 1.98. The Morgan fingerprint density at radius 3 is 2.50 bits per heavy atom. The average Bonchev–Trinajstić information content (AvgIpc) is 1.88. The quantitative estimate of drug-likeness (QED) is 0.401. The van der Waals surface area contributed by atoms with Crippen LogP contribution in [0.2, 0.25) is 0 Å². The number of thioether (sulfide) groups is 1. The standard InChI is InChI=1S/C6H10O3S/c1-10-4-2-3-5(7)6(8)9/h2-4H2,1H3,(H,8,9)/p-1. The van der Waals surface area contributed by atoms with Crippen molar-refractivity contribution >= 4 is 23.5 Å². The van der Waals surface area contributed by atoms with Gasteiger partial charge in [0.2, 0.25) is 0 Å². The van der Waals surface area contributed by atoms with E-state index in [4.69, 9.17) is 0 Å². The Balaban J connectivity index is 3.31. The van der Waals surface area contributed by atoms with E-state index in [1.807, 2.05) is 6.26 Å². The first-order valence-corrected chi connectivity index (χ1v) is 4.31. The third-order valence-corrected chi connectivity index (χ3v) is 1.68. The lowest BCUT2D eigenvalue weighted by Gasteiger charge is -1.98. The summed E-state index contributed by atoms with van der Waals surface area (Å²) in [5.74, 6) is -1.55. The van der Waals surface area contributed by atoms with Crippen LogP contribution in [0.3, 0.4) is 0 Å². The molecule has 58 valence electrons. The molecule has 0 aromatic carbocycles. The van der Waals surface area contributed by atoms with Crippen molar-refractivity contribution in [3.8, 4) is 0 Å². The second-order valence-corrected chi connectivity index (χ2v) is 2.79. The summed E-state index contributed by atoms with van der Waals surface area (Å²) in [6, 6.07) is 0. The van der Waals surface area contributed by atoms with Crippen LogP contribution in [0.25, 0.3) is 0 Å². The number of ketones is 1. The first-order valence-electron chi connectivity index (χ1n) is 2.91. The number of carboxylic acid groups (broad SMARTS) is 1. The SMILES string of the molecule is CSCCCC(=O)C(=O)[O-]. The van der Waals surface area contributed by atoms with E-state index in [9.17, 15) is 14.7 Å². The molecule has 0 amide bonds. The number of Topliss-reactive ketones (excluding diaryl/α,β-unsaturated/α-hetero) is 1. The van der Waals surface area contributed by atoms with Crippen LogP contribution in [0.4, 0.5) is 0 Å². The Kier molecular flexibility index (Phi) is 5.02. The third-order valence-electron chi connectivity index (χ3n) is 0.980. The molecule has 0 saturated carbocycles. The summed E-state index contributed by atoms with van der Waals surface area (Å²) in [4.78, 5) is 20.2. The van der Waals surface area contributed by atoms with Gasteiger partial charge in [0.15, 0.2) is 5.78 Å². The summed E-state index contributed by atoms with van der Waals surface area (Å²) >= 11 is 1.59. The number of carbonyl (C=O) groups is 2. The molecule has 0 aliphatic rings. The van der Waals surface area contributed by atoms with Crippen molar-refractivity contribution in [2.75, 3.05) is 12.0 Å². The van der Waals surface area contributed by atoms with Crippen molar-refractivity contribution in [3.63, 3.8) is 0 Å². The molecule has 0 aliphatic carbocycles. The van der Waals surface area contributed by atoms with Gasteiger partial charge in [0.1, 0.15) is 5.97 Å². The molecular weight excluding hydrogens is 152 g/mol. The number of hydrogen-bond donors (Lipinski definition) is 0. The summed E-state index contributed by atoms with van der Waals surface area (Å²) in [6.45, 7) is 0. The molecule has 0 radical (unpaired) electrons. The van der Waals surface area contributed by atoms with Crippen LogP contribution < -0.4 is 5.11 Å². The van der Waals surface area contributed by atoms with Gasteiger partial charge in [-0.3, -0.25) is 4.79 Å². The van der Waals surface area contributed by atoms with Gasteiger partial charge in [0.05, 0.1) is 0 Å². The molecule has 0 rings (SSSR count). The Morgan fingerprint density at radius 2 is 2.10 bits per heavy atom. The fraction of sp³-hybridized carbons (Fsp3) is 0.667. The molecule has 0 bridgehead atoms. The van der Waals surface area contributed by atoms with Gasteiger partial charge in [0.25, 0.3) is 0 Å². The zero-order valence-corrected chi connectivity index (χ0v) is 6.57. The summed E-state index contributed by atoms with van der Waals surface area (Å²) in [5.41, 5.74) is 0. The van der Waals surface area contributed by atoms with Crippen LogP contribution in [0.1, 0.15) is 12.8 Å². The van der Waals surface area contributed by atoms with Crippen molar-refractivity contribution < 1.29 is 14.7 Å². The van der Waals surface area contributed by atoms with Gasteiger partial charge < -0.3 is 9.90 Å². The number of carbonyl (C=O) groups excluding carboxylic acids is 2. The fourth-order valence-electron chi connectivity index (χ4n) is 0.479. The Hall–Kier alpha value is -0.510. The highest BCUT2D eigenvalue weighted by Gasteiger charge is 2.00. The Bertz CT molecular complexity index is 133. The number of aliphatic carboxylic acids is 1. The molecule has 0 N–H and O–H groups in total. The van der Waals surface area contributed by atoms with Gasteiger partial charge in [-0.2, -0.15) is 11.8 Å². The predicted molar refractivity (Wildman–Crippen MR) is 37.6 cm³/mol. The minimum atomic E-state index is -1.57. The first-order chi connectivity index (χ1) is 4.68. The van der Waals surface area contributed by atoms with Crippen molar-refractivity contribution in [2.24, 2.45) is 0 Å². The van der Waals surface area contributed by atoms with Crippen LogP contribution in [-0.2, 0) is 9.59 Å². The summed E-state index contributed by atoms with van der Waals surface area (Å²) in [6.07, 6.45) is 2.63. The molecular formula is C6H9O3S-. The van der Waals surface area contributed by atoms with Crippen LogP contribution in [0.15, 0.2) is 0 Å². The lowest BCUT2D eigenvalue weighted by atomic mass is 10.2. The van der Waals surface area contributed by atoms with Gasteiger partial charge in [0, 0.05) is 6.42 Å². The summed E-state index contributed by atoms with van der Waals surface area (Å²) in [5, 5.41) is 9.83.